The first-order valence-corrected chi connectivity index (χ1v) is 7.23. The lowest BCUT2D eigenvalue weighted by Crippen LogP contribution is -2.25. The van der Waals surface area contributed by atoms with Gasteiger partial charge in [-0.15, -0.1) is 11.3 Å². The van der Waals surface area contributed by atoms with E-state index >= 15 is 0 Å². The first-order chi connectivity index (χ1) is 9.11. The van der Waals surface area contributed by atoms with Crippen molar-refractivity contribution in [3.8, 4) is 0 Å². The predicted molar refractivity (Wildman–Crippen MR) is 77.7 cm³/mol. The van der Waals surface area contributed by atoms with E-state index in [-0.39, 0.29) is 11.6 Å². The van der Waals surface area contributed by atoms with Crippen LogP contribution in [0.5, 0.6) is 0 Å². The number of hydrogen-bond acceptors (Lipinski definition) is 5. The number of hydrogen-bond donors (Lipinski definition) is 1. The molecule has 0 radical (unpaired) electrons. The third kappa shape index (κ3) is 3.20. The van der Waals surface area contributed by atoms with E-state index in [9.17, 15) is 4.79 Å². The average Bonchev–Trinajstić information content (AvgIpc) is 2.81. The Labute approximate surface area is 116 Å². The van der Waals surface area contributed by atoms with Crippen molar-refractivity contribution < 1.29 is 0 Å². The largest absolute Gasteiger partial charge is 0.357 e. The zero-order chi connectivity index (χ0) is 13.8. The van der Waals surface area contributed by atoms with E-state index in [1.54, 1.807) is 28.3 Å². The number of rotatable bonds is 5. The number of nitrogens with zero attached hydrogens (tertiary/aromatic N) is 3. The summed E-state index contributed by atoms with van der Waals surface area (Å²) in [5.74, 6) is 0.385. The van der Waals surface area contributed by atoms with Crippen LogP contribution in [0, 0.1) is 6.92 Å². The summed E-state index contributed by atoms with van der Waals surface area (Å²) in [6, 6.07) is -0.0172. The van der Waals surface area contributed by atoms with Crippen LogP contribution < -0.4 is 10.9 Å². The van der Waals surface area contributed by atoms with E-state index in [1.165, 1.54) is 0 Å². The summed E-state index contributed by atoms with van der Waals surface area (Å²) in [6.07, 6.45) is 4.29. The average molecular weight is 278 g/mol. The van der Waals surface area contributed by atoms with Gasteiger partial charge in [-0.3, -0.25) is 4.79 Å². The van der Waals surface area contributed by atoms with Crippen molar-refractivity contribution in [2.24, 2.45) is 0 Å². The van der Waals surface area contributed by atoms with Gasteiger partial charge in [0.1, 0.15) is 5.01 Å². The lowest BCUT2D eigenvalue weighted by Gasteiger charge is -2.12. The molecule has 0 aromatic carbocycles. The number of anilines is 1. The van der Waals surface area contributed by atoms with Crippen LogP contribution in [0.4, 0.5) is 5.82 Å². The molecular formula is C13H18N4OS. The van der Waals surface area contributed by atoms with Crippen LogP contribution in [0.2, 0.25) is 0 Å². The number of aromatic nitrogens is 3. The molecule has 1 unspecified atom stereocenters. The molecule has 5 nitrogen and oxygen atoms in total. The van der Waals surface area contributed by atoms with Gasteiger partial charge in [0.15, 0.2) is 5.82 Å². The summed E-state index contributed by atoms with van der Waals surface area (Å²) in [5, 5.41) is 6.11. The fraction of sp³-hybridized carbons (Fsp3) is 0.462. The van der Waals surface area contributed by atoms with Crippen molar-refractivity contribution in [2.75, 3.05) is 5.32 Å². The molecule has 1 atom stereocenters. The molecule has 0 aliphatic carbocycles. The van der Waals surface area contributed by atoms with Gasteiger partial charge < -0.3 is 9.88 Å². The van der Waals surface area contributed by atoms with Gasteiger partial charge in [-0.25, -0.2) is 9.97 Å². The monoisotopic (exact) mass is 278 g/mol. The molecule has 0 fully saturated rings. The first kappa shape index (κ1) is 13.7. The molecular weight excluding hydrogens is 260 g/mol. The van der Waals surface area contributed by atoms with E-state index in [0.717, 1.165) is 17.1 Å². The zero-order valence-corrected chi connectivity index (χ0v) is 12.2. The van der Waals surface area contributed by atoms with Crippen LogP contribution in [-0.2, 0) is 6.54 Å². The maximum atomic E-state index is 12.2. The molecule has 1 N–H and O–H groups in total. The van der Waals surface area contributed by atoms with E-state index < -0.39 is 0 Å². The highest BCUT2D eigenvalue weighted by Gasteiger charge is 2.12. The maximum absolute atomic E-state index is 12.2. The summed E-state index contributed by atoms with van der Waals surface area (Å²) in [5.41, 5.74) is 0.919. The molecule has 0 spiro atoms. The van der Waals surface area contributed by atoms with Crippen LogP contribution in [0.3, 0.4) is 0 Å². The van der Waals surface area contributed by atoms with Crippen LogP contribution in [0.1, 0.15) is 37.0 Å². The zero-order valence-electron chi connectivity index (χ0n) is 11.4. The minimum atomic E-state index is -0.0792. The van der Waals surface area contributed by atoms with Crippen molar-refractivity contribution in [3.05, 3.63) is 38.8 Å². The minimum Gasteiger partial charge on any atom is -0.357 e. The standard InChI is InChI=1S/C13H18N4OS/c1-4-6-17-7-5-14-11(13(17)18)16-10(3)12-15-9(2)8-19-12/h5,7-8,10H,4,6H2,1-3H3,(H,14,16). The molecule has 19 heavy (non-hydrogen) atoms. The highest BCUT2D eigenvalue weighted by atomic mass is 32.1. The van der Waals surface area contributed by atoms with Gasteiger partial charge in [-0.2, -0.15) is 0 Å². The second-order valence-corrected chi connectivity index (χ2v) is 5.36. The molecule has 102 valence electrons. The molecule has 2 heterocycles. The highest BCUT2D eigenvalue weighted by Crippen LogP contribution is 2.19. The van der Waals surface area contributed by atoms with Crippen LogP contribution >= 0.6 is 11.3 Å². The summed E-state index contributed by atoms with van der Waals surface area (Å²) < 4.78 is 1.68. The van der Waals surface area contributed by atoms with E-state index in [1.807, 2.05) is 26.2 Å². The van der Waals surface area contributed by atoms with Crippen LogP contribution in [-0.4, -0.2) is 14.5 Å². The molecule has 0 aliphatic heterocycles. The normalized spacial score (nSPS) is 12.4. The number of thiazole rings is 1. The van der Waals surface area contributed by atoms with Gasteiger partial charge in [-0.05, 0) is 20.3 Å². The Morgan fingerprint density at radius 3 is 2.95 bits per heavy atom. The number of aryl methyl sites for hydroxylation is 2. The molecule has 0 aliphatic rings. The molecule has 0 amide bonds. The van der Waals surface area contributed by atoms with Crippen molar-refractivity contribution in [1.29, 1.82) is 0 Å². The molecule has 2 aromatic heterocycles. The summed E-state index contributed by atoms with van der Waals surface area (Å²) in [4.78, 5) is 20.7. The van der Waals surface area contributed by atoms with Gasteiger partial charge >= 0.3 is 0 Å². The summed E-state index contributed by atoms with van der Waals surface area (Å²) >= 11 is 1.59. The second kappa shape index (κ2) is 5.97. The third-order valence-corrected chi connectivity index (χ3v) is 3.88. The van der Waals surface area contributed by atoms with Gasteiger partial charge in [0.2, 0.25) is 0 Å². The van der Waals surface area contributed by atoms with Crippen LogP contribution in [0.15, 0.2) is 22.6 Å². The lowest BCUT2D eigenvalue weighted by atomic mass is 10.3. The molecule has 0 bridgehead atoms. The van der Waals surface area contributed by atoms with E-state index in [2.05, 4.69) is 15.3 Å². The lowest BCUT2D eigenvalue weighted by molar-refractivity contribution is 0.647. The third-order valence-electron chi connectivity index (χ3n) is 2.74. The molecule has 2 aromatic rings. The Balaban J connectivity index is 2.19. The fourth-order valence-electron chi connectivity index (χ4n) is 1.80. The van der Waals surface area contributed by atoms with Crippen LogP contribution in [0.25, 0.3) is 0 Å². The van der Waals surface area contributed by atoms with Crippen molar-refractivity contribution in [3.63, 3.8) is 0 Å². The highest BCUT2D eigenvalue weighted by molar-refractivity contribution is 7.09. The molecule has 0 saturated carbocycles. The van der Waals surface area contributed by atoms with Crippen molar-refractivity contribution >= 4 is 17.2 Å². The Morgan fingerprint density at radius 2 is 2.32 bits per heavy atom. The quantitative estimate of drug-likeness (QED) is 0.913. The maximum Gasteiger partial charge on any atom is 0.293 e. The second-order valence-electron chi connectivity index (χ2n) is 4.47. The topological polar surface area (TPSA) is 59.8 Å². The Hall–Kier alpha value is -1.69. The van der Waals surface area contributed by atoms with Crippen molar-refractivity contribution in [1.82, 2.24) is 14.5 Å². The predicted octanol–water partition coefficient (Wildman–Crippen LogP) is 2.59. The summed E-state index contributed by atoms with van der Waals surface area (Å²) in [7, 11) is 0. The van der Waals surface area contributed by atoms with Gasteiger partial charge in [0, 0.05) is 30.0 Å². The molecule has 0 saturated heterocycles. The van der Waals surface area contributed by atoms with Gasteiger partial charge in [0.25, 0.3) is 5.56 Å². The van der Waals surface area contributed by atoms with Gasteiger partial charge in [-0.1, -0.05) is 6.92 Å². The first-order valence-electron chi connectivity index (χ1n) is 6.35. The Kier molecular flexibility index (Phi) is 4.31. The fourth-order valence-corrected chi connectivity index (χ4v) is 2.60. The number of nitrogens with one attached hydrogen (secondary N) is 1. The van der Waals surface area contributed by atoms with E-state index in [4.69, 9.17) is 0 Å². The molecule has 2 rings (SSSR count). The summed E-state index contributed by atoms with van der Waals surface area (Å²) in [6.45, 7) is 6.69. The van der Waals surface area contributed by atoms with Crippen molar-refractivity contribution in [2.45, 2.75) is 39.8 Å². The smallest absolute Gasteiger partial charge is 0.293 e. The van der Waals surface area contributed by atoms with Gasteiger partial charge in [0.05, 0.1) is 6.04 Å². The Morgan fingerprint density at radius 1 is 1.53 bits per heavy atom. The Bertz CT molecular complexity index is 605. The van der Waals surface area contributed by atoms with E-state index in [0.29, 0.717) is 12.4 Å². The minimum absolute atomic E-state index is 0.0172. The SMILES string of the molecule is CCCn1ccnc(NC(C)c2nc(C)cs2)c1=O. The molecule has 6 heteroatoms.